The Kier molecular flexibility index (Phi) is 4.23. The topological polar surface area (TPSA) is 26.3 Å². The molecular weight excluding hydrogens is 260 g/mol. The first kappa shape index (κ1) is 16.8. The van der Waals surface area contributed by atoms with Gasteiger partial charge in [0.15, 0.2) is 0 Å². The van der Waals surface area contributed by atoms with Crippen molar-refractivity contribution in [2.24, 2.45) is 28.1 Å². The van der Waals surface area contributed by atoms with Gasteiger partial charge in [0.05, 0.1) is 0 Å². The molecule has 2 rings (SSSR count). The minimum atomic E-state index is 0.0151. The third kappa shape index (κ3) is 3.14. The van der Waals surface area contributed by atoms with Crippen molar-refractivity contribution in [3.05, 3.63) is 0 Å². The Hall–Kier alpha value is -0.530. The van der Waals surface area contributed by atoms with Crippen molar-refractivity contribution >= 4 is 5.97 Å². The van der Waals surface area contributed by atoms with Crippen molar-refractivity contribution in [1.29, 1.82) is 0 Å². The van der Waals surface area contributed by atoms with Crippen molar-refractivity contribution in [2.75, 3.05) is 0 Å². The highest BCUT2D eigenvalue weighted by Gasteiger charge is 2.62. The van der Waals surface area contributed by atoms with Crippen LogP contribution in [0.3, 0.4) is 0 Å². The first-order valence-electron chi connectivity index (χ1n) is 8.65. The van der Waals surface area contributed by atoms with Crippen LogP contribution in [0.4, 0.5) is 0 Å². The lowest BCUT2D eigenvalue weighted by atomic mass is 9.70. The first-order valence-corrected chi connectivity index (χ1v) is 8.65. The maximum atomic E-state index is 12.3. The molecule has 2 fully saturated rings. The Morgan fingerprint density at radius 1 is 1.29 bits per heavy atom. The van der Waals surface area contributed by atoms with E-state index in [0.29, 0.717) is 17.8 Å². The summed E-state index contributed by atoms with van der Waals surface area (Å²) in [6.45, 7) is 15.9. The van der Waals surface area contributed by atoms with Crippen LogP contribution in [0.2, 0.25) is 0 Å². The molecule has 0 aliphatic heterocycles. The average molecular weight is 294 g/mol. The van der Waals surface area contributed by atoms with Crippen molar-refractivity contribution in [3.8, 4) is 0 Å². The van der Waals surface area contributed by atoms with Gasteiger partial charge in [0.2, 0.25) is 0 Å². The number of ether oxygens (including phenoxy) is 1. The van der Waals surface area contributed by atoms with Crippen LogP contribution in [0, 0.1) is 28.1 Å². The number of rotatable bonds is 4. The normalized spacial score (nSPS) is 35.8. The molecule has 0 spiro atoms. The van der Waals surface area contributed by atoms with Gasteiger partial charge in [-0.05, 0) is 48.3 Å². The van der Waals surface area contributed by atoms with Crippen LogP contribution in [0.1, 0.15) is 80.6 Å². The molecule has 0 saturated heterocycles. The molecular formula is C19H34O2. The van der Waals surface area contributed by atoms with E-state index in [1.165, 1.54) is 12.8 Å². The molecule has 2 heteroatoms. The number of carbonyl (C=O) groups excluding carboxylic acids is 1. The van der Waals surface area contributed by atoms with Gasteiger partial charge >= 0.3 is 5.97 Å². The molecule has 0 aromatic carbocycles. The highest BCUT2D eigenvalue weighted by atomic mass is 16.5. The fourth-order valence-electron chi connectivity index (χ4n) is 4.92. The largest absolute Gasteiger partial charge is 0.462 e. The third-order valence-electron chi connectivity index (χ3n) is 6.46. The molecule has 122 valence electrons. The van der Waals surface area contributed by atoms with E-state index in [0.717, 1.165) is 18.8 Å². The summed E-state index contributed by atoms with van der Waals surface area (Å²) in [7, 11) is 0. The van der Waals surface area contributed by atoms with Crippen LogP contribution < -0.4 is 0 Å². The molecule has 0 aromatic heterocycles. The Balaban J connectivity index is 1.90. The van der Waals surface area contributed by atoms with E-state index in [4.69, 9.17) is 4.74 Å². The maximum absolute atomic E-state index is 12.3. The third-order valence-corrected chi connectivity index (χ3v) is 6.46. The molecule has 21 heavy (non-hydrogen) atoms. The lowest BCUT2D eigenvalue weighted by molar-refractivity contribution is -0.158. The molecule has 2 saturated carbocycles. The fourth-order valence-corrected chi connectivity index (χ4v) is 4.92. The maximum Gasteiger partial charge on any atom is 0.306 e. The second kappa shape index (κ2) is 5.28. The minimum absolute atomic E-state index is 0.0151. The van der Waals surface area contributed by atoms with Gasteiger partial charge in [-0.1, -0.05) is 48.5 Å². The zero-order chi connectivity index (χ0) is 16.1. The average Bonchev–Trinajstić information content (AvgIpc) is 2.58. The van der Waals surface area contributed by atoms with Gasteiger partial charge < -0.3 is 4.74 Å². The van der Waals surface area contributed by atoms with Gasteiger partial charge in [-0.2, -0.15) is 0 Å². The quantitative estimate of drug-likeness (QED) is 0.666. The van der Waals surface area contributed by atoms with Gasteiger partial charge in [-0.3, -0.25) is 4.79 Å². The van der Waals surface area contributed by atoms with Gasteiger partial charge in [0.1, 0.15) is 6.10 Å². The number of carbonyl (C=O) groups is 1. The molecule has 0 N–H and O–H groups in total. The minimum Gasteiger partial charge on any atom is -0.462 e. The second-order valence-electron chi connectivity index (χ2n) is 9.66. The Morgan fingerprint density at radius 3 is 2.33 bits per heavy atom. The number of hydrogen-bond donors (Lipinski definition) is 0. The molecule has 2 unspecified atom stereocenters. The predicted octanol–water partition coefficient (Wildman–Crippen LogP) is 5.21. The summed E-state index contributed by atoms with van der Waals surface area (Å²) in [6, 6.07) is 0. The summed E-state index contributed by atoms with van der Waals surface area (Å²) in [5.41, 5.74) is 0.773. The molecule has 2 bridgehead atoms. The Morgan fingerprint density at radius 2 is 1.90 bits per heavy atom. The summed E-state index contributed by atoms with van der Waals surface area (Å²) in [5, 5.41) is 0. The van der Waals surface area contributed by atoms with Crippen molar-refractivity contribution in [1.82, 2.24) is 0 Å². The van der Waals surface area contributed by atoms with Crippen LogP contribution in [-0.4, -0.2) is 12.1 Å². The van der Waals surface area contributed by atoms with Gasteiger partial charge in [-0.15, -0.1) is 0 Å². The molecule has 0 radical (unpaired) electrons. The van der Waals surface area contributed by atoms with Crippen molar-refractivity contribution in [2.45, 2.75) is 86.7 Å². The van der Waals surface area contributed by atoms with Crippen LogP contribution in [-0.2, 0) is 9.53 Å². The van der Waals surface area contributed by atoms with Gasteiger partial charge in [0, 0.05) is 11.8 Å². The molecule has 2 aliphatic rings. The summed E-state index contributed by atoms with van der Waals surface area (Å²) < 4.78 is 5.93. The lowest BCUT2D eigenvalue weighted by Gasteiger charge is -2.38. The Labute approximate surface area is 131 Å². The van der Waals surface area contributed by atoms with Crippen molar-refractivity contribution < 1.29 is 9.53 Å². The monoisotopic (exact) mass is 294 g/mol. The van der Waals surface area contributed by atoms with E-state index in [1.807, 2.05) is 0 Å². The smallest absolute Gasteiger partial charge is 0.306 e. The first-order chi connectivity index (χ1) is 9.46. The second-order valence-corrected chi connectivity index (χ2v) is 9.66. The van der Waals surface area contributed by atoms with Gasteiger partial charge in [0.25, 0.3) is 0 Å². The lowest BCUT2D eigenvalue weighted by Crippen LogP contribution is -2.38. The highest BCUT2D eigenvalue weighted by molar-refractivity contribution is 5.70. The molecule has 2 nitrogen and oxygen atoms in total. The van der Waals surface area contributed by atoms with E-state index in [-0.39, 0.29) is 22.9 Å². The number of fused-ring (bicyclic) bond motifs is 2. The van der Waals surface area contributed by atoms with E-state index < -0.39 is 0 Å². The van der Waals surface area contributed by atoms with E-state index in [1.54, 1.807) is 0 Å². The summed E-state index contributed by atoms with van der Waals surface area (Å²) >= 11 is 0. The van der Waals surface area contributed by atoms with E-state index in [9.17, 15) is 4.79 Å². The molecule has 0 heterocycles. The molecule has 4 atom stereocenters. The van der Waals surface area contributed by atoms with E-state index >= 15 is 0 Å². The standard InChI is InChI=1S/C19H34O2/c1-13(12-17(2,3)4)10-16(20)21-15-11-14-8-9-19(15,7)18(14,5)6/h13-15H,8-12H2,1-7H3/t13?,14-,15-,19?/m0/s1. The van der Waals surface area contributed by atoms with Crippen LogP contribution in [0.15, 0.2) is 0 Å². The zero-order valence-electron chi connectivity index (χ0n) is 15.1. The van der Waals surface area contributed by atoms with E-state index in [2.05, 4.69) is 48.5 Å². The SMILES string of the molecule is CC(CC(=O)O[C@H]1C[C@@H]2CCC1(C)C2(C)C)CC(C)(C)C. The summed E-state index contributed by atoms with van der Waals surface area (Å²) in [5.74, 6) is 1.14. The van der Waals surface area contributed by atoms with Crippen LogP contribution >= 0.6 is 0 Å². The molecule has 0 amide bonds. The van der Waals surface area contributed by atoms with Crippen LogP contribution in [0.25, 0.3) is 0 Å². The van der Waals surface area contributed by atoms with Crippen molar-refractivity contribution in [3.63, 3.8) is 0 Å². The highest BCUT2D eigenvalue weighted by Crippen LogP contribution is 2.66. The Bertz CT molecular complexity index is 404. The molecule has 0 aromatic rings. The van der Waals surface area contributed by atoms with Crippen LogP contribution in [0.5, 0.6) is 0 Å². The number of hydrogen-bond acceptors (Lipinski definition) is 2. The number of esters is 1. The van der Waals surface area contributed by atoms with Gasteiger partial charge in [-0.25, -0.2) is 0 Å². The fraction of sp³-hybridized carbons (Fsp3) is 0.947. The predicted molar refractivity (Wildman–Crippen MR) is 87.0 cm³/mol. The summed E-state index contributed by atoms with van der Waals surface area (Å²) in [6.07, 6.45) is 5.36. The zero-order valence-corrected chi connectivity index (χ0v) is 15.1. The molecule has 2 aliphatic carbocycles. The summed E-state index contributed by atoms with van der Waals surface area (Å²) in [4.78, 5) is 12.3.